The number of rotatable bonds is 9. The molecule has 0 bridgehead atoms. The molecule has 2 aliphatic carbocycles. The van der Waals surface area contributed by atoms with Crippen LogP contribution in [-0.4, -0.2) is 63.7 Å². The van der Waals surface area contributed by atoms with Gasteiger partial charge in [-0.05, 0) is 31.6 Å². The maximum absolute atomic E-state index is 11.5. The highest BCUT2D eigenvalue weighted by Crippen LogP contribution is 2.29. The van der Waals surface area contributed by atoms with E-state index in [1.165, 1.54) is 12.8 Å². The number of guanidine groups is 1. The molecule has 0 spiro atoms. The number of amides is 1. The van der Waals surface area contributed by atoms with Gasteiger partial charge in [-0.1, -0.05) is 0 Å². The molecule has 2 N–H and O–H groups in total. The molecule has 0 aromatic rings. The van der Waals surface area contributed by atoms with E-state index >= 15 is 0 Å². The van der Waals surface area contributed by atoms with E-state index < -0.39 is 0 Å². The van der Waals surface area contributed by atoms with Crippen molar-refractivity contribution in [2.24, 2.45) is 16.8 Å². The van der Waals surface area contributed by atoms with Gasteiger partial charge in [-0.3, -0.25) is 9.79 Å². The summed E-state index contributed by atoms with van der Waals surface area (Å²) in [6.07, 6.45) is 4.74. The first-order chi connectivity index (χ1) is 10.2. The first kappa shape index (κ1) is 19.5. The highest BCUT2D eigenvalue weighted by Gasteiger charge is 2.29. The largest absolute Gasteiger partial charge is 0.379 e. The van der Waals surface area contributed by atoms with Crippen LogP contribution in [0.3, 0.4) is 0 Å². The summed E-state index contributed by atoms with van der Waals surface area (Å²) in [6.45, 7) is 3.78. The summed E-state index contributed by atoms with van der Waals surface area (Å²) >= 11 is 0. The Hall–Kier alpha value is -0.570. The molecule has 2 saturated carbocycles. The lowest BCUT2D eigenvalue weighted by Crippen LogP contribution is -2.43. The van der Waals surface area contributed by atoms with Crippen molar-refractivity contribution in [1.82, 2.24) is 15.5 Å². The molecule has 2 aliphatic rings. The lowest BCUT2D eigenvalue weighted by atomic mass is 10.4. The second-order valence-electron chi connectivity index (χ2n) is 5.98. The zero-order chi connectivity index (χ0) is 15.1. The van der Waals surface area contributed by atoms with Crippen LogP contribution < -0.4 is 10.6 Å². The van der Waals surface area contributed by atoms with Gasteiger partial charge in [-0.2, -0.15) is 0 Å². The van der Waals surface area contributed by atoms with Gasteiger partial charge in [0.2, 0.25) is 5.91 Å². The van der Waals surface area contributed by atoms with E-state index in [0.717, 1.165) is 44.5 Å². The van der Waals surface area contributed by atoms with Gasteiger partial charge in [0.25, 0.3) is 0 Å². The molecular weight excluding hydrogens is 395 g/mol. The molecular formula is C15H29IN4O2. The molecule has 0 atom stereocenters. The number of likely N-dealkylation sites (N-methyl/N-ethyl adjacent to an activating group) is 1. The van der Waals surface area contributed by atoms with Crippen molar-refractivity contribution in [1.29, 1.82) is 0 Å². The first-order valence-electron chi connectivity index (χ1n) is 7.98. The normalized spacial score (nSPS) is 17.6. The molecule has 128 valence electrons. The van der Waals surface area contributed by atoms with Gasteiger partial charge in [0.15, 0.2) is 5.96 Å². The van der Waals surface area contributed by atoms with Gasteiger partial charge in [-0.15, -0.1) is 24.0 Å². The monoisotopic (exact) mass is 424 g/mol. The molecule has 0 heterocycles. The molecule has 0 radical (unpaired) electrons. The Morgan fingerprint density at radius 1 is 1.23 bits per heavy atom. The van der Waals surface area contributed by atoms with Crippen molar-refractivity contribution in [3.63, 3.8) is 0 Å². The predicted octanol–water partition coefficient (Wildman–Crippen LogP) is 1.06. The fraction of sp³-hybridized carbons (Fsp3) is 0.867. The van der Waals surface area contributed by atoms with Crippen LogP contribution >= 0.6 is 24.0 Å². The molecule has 0 aliphatic heterocycles. The second-order valence-corrected chi connectivity index (χ2v) is 5.98. The van der Waals surface area contributed by atoms with Crippen molar-refractivity contribution >= 4 is 35.8 Å². The van der Waals surface area contributed by atoms with Gasteiger partial charge in [-0.25, -0.2) is 0 Å². The summed E-state index contributed by atoms with van der Waals surface area (Å²) in [7, 11) is 3.77. The molecule has 0 unspecified atom stereocenters. The Labute approximate surface area is 150 Å². The average molecular weight is 424 g/mol. The van der Waals surface area contributed by atoms with Gasteiger partial charge >= 0.3 is 0 Å². The highest BCUT2D eigenvalue weighted by atomic mass is 127. The maximum Gasteiger partial charge on any atom is 0.223 e. The highest BCUT2D eigenvalue weighted by molar-refractivity contribution is 14.0. The standard InChI is InChI=1S/C15H28N4O2.HI/c1-16-15(18-8-7-17-14(20)13-5-6-13)19(2)9-10-21-11-12-3-4-12;/h12-13H,3-11H2,1-2H3,(H,16,18)(H,17,20);1H. The van der Waals surface area contributed by atoms with Gasteiger partial charge in [0, 0.05) is 46.3 Å². The summed E-state index contributed by atoms with van der Waals surface area (Å²) in [6, 6.07) is 0. The van der Waals surface area contributed by atoms with Gasteiger partial charge in [0.1, 0.15) is 0 Å². The number of carbonyl (C=O) groups excluding carboxylic acids is 1. The molecule has 0 saturated heterocycles. The molecule has 0 aromatic heterocycles. The molecule has 7 heteroatoms. The Morgan fingerprint density at radius 3 is 2.50 bits per heavy atom. The second kappa shape index (κ2) is 10.3. The lowest BCUT2D eigenvalue weighted by Gasteiger charge is -2.22. The molecule has 6 nitrogen and oxygen atoms in total. The van der Waals surface area contributed by atoms with Crippen molar-refractivity contribution in [3.05, 3.63) is 0 Å². The Bertz CT molecular complexity index is 371. The maximum atomic E-state index is 11.5. The summed E-state index contributed by atoms with van der Waals surface area (Å²) < 4.78 is 5.63. The zero-order valence-corrected chi connectivity index (χ0v) is 16.0. The minimum Gasteiger partial charge on any atom is -0.379 e. The third kappa shape index (κ3) is 7.62. The number of hydrogen-bond donors (Lipinski definition) is 2. The fourth-order valence-electron chi connectivity index (χ4n) is 2.08. The average Bonchev–Trinajstić information content (AvgIpc) is 3.36. The SMILES string of the molecule is CN=C(NCCNC(=O)C1CC1)N(C)CCOCC1CC1.I. The van der Waals surface area contributed by atoms with Crippen LogP contribution in [0.1, 0.15) is 25.7 Å². The van der Waals surface area contributed by atoms with E-state index in [-0.39, 0.29) is 35.8 Å². The van der Waals surface area contributed by atoms with Crippen molar-refractivity contribution in [2.45, 2.75) is 25.7 Å². The Morgan fingerprint density at radius 2 is 1.91 bits per heavy atom. The van der Waals surface area contributed by atoms with Crippen LogP contribution in [0, 0.1) is 11.8 Å². The number of halogens is 1. The number of ether oxygens (including phenoxy) is 1. The van der Waals surface area contributed by atoms with E-state index in [0.29, 0.717) is 13.1 Å². The van der Waals surface area contributed by atoms with E-state index in [1.807, 2.05) is 7.05 Å². The lowest BCUT2D eigenvalue weighted by molar-refractivity contribution is -0.122. The summed E-state index contributed by atoms with van der Waals surface area (Å²) in [5.74, 6) is 2.11. The van der Waals surface area contributed by atoms with Crippen LogP contribution in [0.15, 0.2) is 4.99 Å². The quantitative estimate of drug-likeness (QED) is 0.252. The minimum atomic E-state index is 0. The number of aliphatic imine (C=N–C) groups is 1. The van der Waals surface area contributed by atoms with E-state index in [4.69, 9.17) is 4.74 Å². The van der Waals surface area contributed by atoms with Crippen LogP contribution in [0.4, 0.5) is 0 Å². The minimum absolute atomic E-state index is 0. The number of nitrogens with zero attached hydrogens (tertiary/aromatic N) is 2. The third-order valence-electron chi connectivity index (χ3n) is 3.85. The molecule has 22 heavy (non-hydrogen) atoms. The predicted molar refractivity (Wildman–Crippen MR) is 98.7 cm³/mol. The fourth-order valence-corrected chi connectivity index (χ4v) is 2.08. The molecule has 2 rings (SSSR count). The number of carbonyl (C=O) groups is 1. The third-order valence-corrected chi connectivity index (χ3v) is 3.85. The summed E-state index contributed by atoms with van der Waals surface area (Å²) in [5, 5.41) is 6.19. The van der Waals surface area contributed by atoms with E-state index in [9.17, 15) is 4.79 Å². The first-order valence-corrected chi connectivity index (χ1v) is 7.98. The summed E-state index contributed by atoms with van der Waals surface area (Å²) in [4.78, 5) is 17.8. The number of hydrogen-bond acceptors (Lipinski definition) is 3. The van der Waals surface area contributed by atoms with Crippen LogP contribution in [0.25, 0.3) is 0 Å². The van der Waals surface area contributed by atoms with Crippen molar-refractivity contribution in [2.75, 3.05) is 46.9 Å². The Kier molecular flexibility index (Phi) is 9.08. The van der Waals surface area contributed by atoms with Crippen LogP contribution in [0.5, 0.6) is 0 Å². The van der Waals surface area contributed by atoms with Crippen molar-refractivity contribution in [3.8, 4) is 0 Å². The van der Waals surface area contributed by atoms with Crippen molar-refractivity contribution < 1.29 is 9.53 Å². The van der Waals surface area contributed by atoms with Gasteiger partial charge < -0.3 is 20.3 Å². The van der Waals surface area contributed by atoms with Gasteiger partial charge in [0.05, 0.1) is 6.61 Å². The van der Waals surface area contributed by atoms with Crippen LogP contribution in [-0.2, 0) is 9.53 Å². The molecule has 1 amide bonds. The zero-order valence-electron chi connectivity index (χ0n) is 13.6. The number of nitrogens with one attached hydrogen (secondary N) is 2. The van der Waals surface area contributed by atoms with Crippen LogP contribution in [0.2, 0.25) is 0 Å². The smallest absolute Gasteiger partial charge is 0.223 e. The topological polar surface area (TPSA) is 66.0 Å². The Balaban J connectivity index is 0.00000242. The molecule has 2 fully saturated rings. The molecule has 0 aromatic carbocycles. The summed E-state index contributed by atoms with van der Waals surface area (Å²) in [5.41, 5.74) is 0. The van der Waals surface area contributed by atoms with E-state index in [1.54, 1.807) is 7.05 Å². The van der Waals surface area contributed by atoms with E-state index in [2.05, 4.69) is 20.5 Å².